The minimum atomic E-state index is -4.86. The van der Waals surface area contributed by atoms with Crippen molar-refractivity contribution < 1.29 is 27.5 Å². The highest BCUT2D eigenvalue weighted by molar-refractivity contribution is 5.77. The largest absolute Gasteiger partial charge is 0.481 e. The number of hydrogen-bond acceptors (Lipinski definition) is 2. The van der Waals surface area contributed by atoms with Gasteiger partial charge in [-0.05, 0) is 37.1 Å². The van der Waals surface area contributed by atoms with Crippen LogP contribution in [-0.2, 0) is 11.2 Å². The van der Waals surface area contributed by atoms with Crippen LogP contribution < -0.4 is 5.32 Å². The molecule has 1 aliphatic rings. The van der Waals surface area contributed by atoms with Gasteiger partial charge in [-0.2, -0.15) is 13.2 Å². The summed E-state index contributed by atoms with van der Waals surface area (Å²) in [7, 11) is 0. The van der Waals surface area contributed by atoms with Gasteiger partial charge in [-0.1, -0.05) is 12.1 Å². The first-order valence-electron chi connectivity index (χ1n) is 6.44. The van der Waals surface area contributed by atoms with Gasteiger partial charge in [0.15, 0.2) is 5.41 Å². The average Bonchev–Trinajstić information content (AvgIpc) is 2.78. The fraction of sp³-hybridized carbons (Fsp3) is 0.500. The summed E-state index contributed by atoms with van der Waals surface area (Å²) < 4.78 is 53.3. The van der Waals surface area contributed by atoms with E-state index in [1.807, 2.05) is 0 Å². The quantitative estimate of drug-likeness (QED) is 0.844. The molecule has 1 aliphatic heterocycles. The van der Waals surface area contributed by atoms with Gasteiger partial charge in [0.1, 0.15) is 5.82 Å². The number of carboxylic acid groups (broad SMARTS) is 1. The summed E-state index contributed by atoms with van der Waals surface area (Å²) in [5.41, 5.74) is -2.07. The minimum absolute atomic E-state index is 0.0681. The summed E-state index contributed by atoms with van der Waals surface area (Å²) in [6, 6.07) is 4.17. The first-order chi connectivity index (χ1) is 9.68. The maximum atomic E-state index is 13.5. The normalized spacial score (nSPS) is 26.0. The average molecular weight is 305 g/mol. The molecule has 0 aromatic heterocycles. The summed E-state index contributed by atoms with van der Waals surface area (Å²) in [6.45, 7) is 0.819. The van der Waals surface area contributed by atoms with Crippen LogP contribution in [0.5, 0.6) is 0 Å². The number of halogens is 4. The van der Waals surface area contributed by atoms with Crippen LogP contribution in [0.25, 0.3) is 0 Å². The fourth-order valence-corrected chi connectivity index (χ4v) is 2.76. The van der Waals surface area contributed by atoms with Crippen LogP contribution in [0.2, 0.25) is 0 Å². The molecule has 2 N–H and O–H groups in total. The van der Waals surface area contributed by atoms with Crippen molar-refractivity contribution in [3.8, 4) is 0 Å². The van der Waals surface area contributed by atoms with Crippen LogP contribution >= 0.6 is 0 Å². The highest BCUT2D eigenvalue weighted by atomic mass is 19.4. The molecule has 0 unspecified atom stereocenters. The molecule has 1 aromatic carbocycles. The molecule has 0 saturated carbocycles. The van der Waals surface area contributed by atoms with Crippen molar-refractivity contribution in [2.45, 2.75) is 19.5 Å². The van der Waals surface area contributed by atoms with E-state index in [0.29, 0.717) is 11.1 Å². The van der Waals surface area contributed by atoms with Crippen molar-refractivity contribution in [3.05, 3.63) is 35.1 Å². The van der Waals surface area contributed by atoms with E-state index in [0.717, 1.165) is 6.07 Å². The van der Waals surface area contributed by atoms with Crippen molar-refractivity contribution >= 4 is 5.97 Å². The smallest absolute Gasteiger partial charge is 0.406 e. The third-order valence-corrected chi connectivity index (χ3v) is 4.10. The van der Waals surface area contributed by atoms with Crippen LogP contribution in [0, 0.1) is 24.1 Å². The van der Waals surface area contributed by atoms with Gasteiger partial charge in [-0.25, -0.2) is 4.39 Å². The molecule has 0 amide bonds. The highest BCUT2D eigenvalue weighted by Gasteiger charge is 2.66. The predicted molar refractivity (Wildman–Crippen MR) is 67.3 cm³/mol. The van der Waals surface area contributed by atoms with Crippen molar-refractivity contribution in [1.82, 2.24) is 5.32 Å². The van der Waals surface area contributed by atoms with Crippen LogP contribution in [-0.4, -0.2) is 30.3 Å². The summed E-state index contributed by atoms with van der Waals surface area (Å²) >= 11 is 0. The van der Waals surface area contributed by atoms with E-state index in [9.17, 15) is 22.4 Å². The molecule has 1 saturated heterocycles. The lowest BCUT2D eigenvalue weighted by atomic mass is 9.74. The number of alkyl halides is 3. The molecule has 0 radical (unpaired) electrons. The van der Waals surface area contributed by atoms with Gasteiger partial charge in [-0.3, -0.25) is 4.79 Å². The zero-order chi connectivity index (χ0) is 15.8. The second-order valence-electron chi connectivity index (χ2n) is 5.39. The topological polar surface area (TPSA) is 49.3 Å². The molecule has 1 fully saturated rings. The molecule has 0 bridgehead atoms. The second kappa shape index (κ2) is 5.29. The van der Waals surface area contributed by atoms with E-state index in [4.69, 9.17) is 5.11 Å². The maximum Gasteiger partial charge on any atom is 0.406 e. The summed E-state index contributed by atoms with van der Waals surface area (Å²) in [4.78, 5) is 11.3. The third-order valence-electron chi connectivity index (χ3n) is 4.10. The van der Waals surface area contributed by atoms with Crippen LogP contribution in [0.1, 0.15) is 11.1 Å². The molecular formula is C14H15F4NO2. The van der Waals surface area contributed by atoms with Crippen LogP contribution in [0.4, 0.5) is 17.6 Å². The van der Waals surface area contributed by atoms with E-state index in [2.05, 4.69) is 5.32 Å². The van der Waals surface area contributed by atoms with Gasteiger partial charge in [0, 0.05) is 12.5 Å². The SMILES string of the molecule is Cc1ccc(C[C@@H]2CNC[C@]2(C(=O)O)C(F)(F)F)cc1F. The lowest BCUT2D eigenvalue weighted by Gasteiger charge is -2.32. The lowest BCUT2D eigenvalue weighted by molar-refractivity contribution is -0.236. The molecule has 0 aliphatic carbocycles. The Balaban J connectivity index is 2.33. The van der Waals surface area contributed by atoms with Crippen molar-refractivity contribution in [3.63, 3.8) is 0 Å². The van der Waals surface area contributed by atoms with Gasteiger partial charge in [0.2, 0.25) is 0 Å². The van der Waals surface area contributed by atoms with E-state index in [-0.39, 0.29) is 13.0 Å². The monoisotopic (exact) mass is 305 g/mol. The van der Waals surface area contributed by atoms with Crippen molar-refractivity contribution in [1.29, 1.82) is 0 Å². The van der Waals surface area contributed by atoms with Crippen LogP contribution in [0.15, 0.2) is 18.2 Å². The minimum Gasteiger partial charge on any atom is -0.481 e. The molecule has 21 heavy (non-hydrogen) atoms. The Kier molecular flexibility index (Phi) is 3.97. The summed E-state index contributed by atoms with van der Waals surface area (Å²) in [5.74, 6) is -3.57. The molecule has 2 rings (SSSR count). The van der Waals surface area contributed by atoms with E-state index < -0.39 is 35.8 Å². The van der Waals surface area contributed by atoms with Gasteiger partial charge >= 0.3 is 12.1 Å². The van der Waals surface area contributed by atoms with Gasteiger partial charge in [0.05, 0.1) is 0 Å². The number of aliphatic carboxylic acids is 1. The zero-order valence-electron chi connectivity index (χ0n) is 11.3. The van der Waals surface area contributed by atoms with Crippen molar-refractivity contribution in [2.75, 3.05) is 13.1 Å². The molecule has 7 heteroatoms. The Labute approximate surface area is 119 Å². The van der Waals surface area contributed by atoms with Gasteiger partial charge in [-0.15, -0.1) is 0 Å². The van der Waals surface area contributed by atoms with E-state index in [1.54, 1.807) is 6.92 Å². The zero-order valence-corrected chi connectivity index (χ0v) is 11.3. The number of carbonyl (C=O) groups is 1. The Morgan fingerprint density at radius 2 is 2.14 bits per heavy atom. The summed E-state index contributed by atoms with van der Waals surface area (Å²) in [5, 5.41) is 11.6. The second-order valence-corrected chi connectivity index (χ2v) is 5.39. The number of hydrogen-bond donors (Lipinski definition) is 2. The standard InChI is InChI=1S/C14H15F4NO2/c1-8-2-3-9(5-11(8)15)4-10-6-19-7-13(10,12(20)21)14(16,17)18/h2-3,5,10,19H,4,6-7H2,1H3,(H,20,21)/t10-,13+/m1/s1. The molecular weight excluding hydrogens is 290 g/mol. The first kappa shape index (κ1) is 15.8. The van der Waals surface area contributed by atoms with E-state index in [1.165, 1.54) is 12.1 Å². The first-order valence-corrected chi connectivity index (χ1v) is 6.44. The predicted octanol–water partition coefficient (Wildman–Crippen LogP) is 2.53. The number of rotatable bonds is 3. The Morgan fingerprint density at radius 3 is 2.67 bits per heavy atom. The van der Waals surface area contributed by atoms with Crippen LogP contribution in [0.3, 0.4) is 0 Å². The molecule has 0 spiro atoms. The Morgan fingerprint density at radius 1 is 1.48 bits per heavy atom. The molecule has 1 heterocycles. The molecule has 1 aromatic rings. The number of benzene rings is 1. The fourth-order valence-electron chi connectivity index (χ4n) is 2.76. The lowest BCUT2D eigenvalue weighted by Crippen LogP contribution is -2.51. The van der Waals surface area contributed by atoms with Gasteiger partial charge in [0.25, 0.3) is 0 Å². The maximum absolute atomic E-state index is 13.5. The molecule has 3 nitrogen and oxygen atoms in total. The van der Waals surface area contributed by atoms with Crippen molar-refractivity contribution in [2.24, 2.45) is 11.3 Å². The third kappa shape index (κ3) is 2.62. The Hall–Kier alpha value is -1.63. The highest BCUT2D eigenvalue weighted by Crippen LogP contribution is 2.47. The van der Waals surface area contributed by atoms with Gasteiger partial charge < -0.3 is 10.4 Å². The molecule has 2 atom stereocenters. The Bertz CT molecular complexity index is 558. The van der Waals surface area contributed by atoms with E-state index >= 15 is 0 Å². The molecule has 116 valence electrons. The number of aryl methyl sites for hydroxylation is 1. The number of nitrogens with one attached hydrogen (secondary N) is 1. The summed E-state index contributed by atoms with van der Waals surface area (Å²) in [6.07, 6.45) is -5.01. The number of carboxylic acids is 1.